The fourth-order valence-corrected chi connectivity index (χ4v) is 3.46. The van der Waals surface area contributed by atoms with Gasteiger partial charge in [0.15, 0.2) is 0 Å². The molecule has 2 saturated carbocycles. The summed E-state index contributed by atoms with van der Waals surface area (Å²) in [6.07, 6.45) is 6.91. The highest BCUT2D eigenvalue weighted by Gasteiger charge is 2.41. The second kappa shape index (κ2) is 5.57. The molecule has 4 heteroatoms. The molecule has 0 aromatic carbocycles. The van der Waals surface area contributed by atoms with E-state index in [0.717, 1.165) is 45.1 Å². The van der Waals surface area contributed by atoms with Gasteiger partial charge in [0.1, 0.15) is 0 Å². The van der Waals surface area contributed by atoms with Gasteiger partial charge in [0.2, 0.25) is 5.91 Å². The Morgan fingerprint density at radius 3 is 2.44 bits per heavy atom. The molecule has 0 bridgehead atoms. The molecule has 2 fully saturated rings. The molecule has 0 radical (unpaired) electrons. The Hall–Kier alpha value is -0.610. The summed E-state index contributed by atoms with van der Waals surface area (Å²) in [4.78, 5) is 14.4. The van der Waals surface area contributed by atoms with Crippen LogP contribution in [0.25, 0.3) is 0 Å². The number of nitrogens with two attached hydrogens (primary N) is 1. The summed E-state index contributed by atoms with van der Waals surface area (Å²) in [6, 6.07) is 0. The van der Waals surface area contributed by atoms with Crippen molar-refractivity contribution < 1.29 is 9.90 Å². The van der Waals surface area contributed by atoms with Crippen LogP contribution in [0.1, 0.15) is 44.9 Å². The molecule has 3 N–H and O–H groups in total. The molecule has 0 aromatic rings. The van der Waals surface area contributed by atoms with Crippen LogP contribution < -0.4 is 5.73 Å². The molecule has 2 aliphatic carbocycles. The van der Waals surface area contributed by atoms with Gasteiger partial charge in [0.05, 0.1) is 11.5 Å². The van der Waals surface area contributed by atoms with Gasteiger partial charge in [-0.05, 0) is 31.6 Å². The van der Waals surface area contributed by atoms with Crippen molar-refractivity contribution in [1.82, 2.24) is 4.90 Å². The molecule has 18 heavy (non-hydrogen) atoms. The fraction of sp³-hybridized carbons (Fsp3) is 0.929. The summed E-state index contributed by atoms with van der Waals surface area (Å²) >= 11 is 0. The third-order valence-corrected chi connectivity index (χ3v) is 4.74. The predicted octanol–water partition coefficient (Wildman–Crippen LogP) is 1.12. The van der Waals surface area contributed by atoms with Crippen LogP contribution in [0.2, 0.25) is 0 Å². The predicted molar refractivity (Wildman–Crippen MR) is 70.9 cm³/mol. The molecule has 0 spiro atoms. The lowest BCUT2D eigenvalue weighted by molar-refractivity contribution is -0.143. The molecule has 2 aliphatic rings. The fourth-order valence-electron chi connectivity index (χ4n) is 3.46. The van der Waals surface area contributed by atoms with Crippen molar-refractivity contribution in [1.29, 1.82) is 0 Å². The second-order valence-electron chi connectivity index (χ2n) is 6.22. The van der Waals surface area contributed by atoms with E-state index in [-0.39, 0.29) is 17.4 Å². The monoisotopic (exact) mass is 254 g/mol. The molecule has 0 atom stereocenters. The van der Waals surface area contributed by atoms with Crippen LogP contribution in [0.5, 0.6) is 0 Å². The van der Waals surface area contributed by atoms with Crippen LogP contribution in [-0.4, -0.2) is 42.2 Å². The molecular weight excluding hydrogens is 228 g/mol. The quantitative estimate of drug-likeness (QED) is 0.790. The van der Waals surface area contributed by atoms with Gasteiger partial charge in [0, 0.05) is 20.1 Å². The lowest BCUT2D eigenvalue weighted by atomic mass is 9.72. The zero-order valence-electron chi connectivity index (χ0n) is 11.4. The van der Waals surface area contributed by atoms with E-state index in [1.807, 2.05) is 11.9 Å². The molecule has 2 rings (SSSR count). The maximum Gasteiger partial charge on any atom is 0.229 e. The minimum absolute atomic E-state index is 0.142. The molecule has 0 unspecified atom stereocenters. The van der Waals surface area contributed by atoms with E-state index >= 15 is 0 Å². The Balaban J connectivity index is 1.91. The van der Waals surface area contributed by atoms with Gasteiger partial charge >= 0.3 is 0 Å². The molecule has 0 aliphatic heterocycles. The Kier molecular flexibility index (Phi) is 4.28. The van der Waals surface area contributed by atoms with Crippen LogP contribution in [-0.2, 0) is 4.79 Å². The first-order chi connectivity index (χ1) is 8.57. The number of rotatable bonds is 4. The largest absolute Gasteiger partial charge is 0.393 e. The van der Waals surface area contributed by atoms with E-state index < -0.39 is 0 Å². The SMILES string of the molecule is CN(CC1CC(O)C1)C(=O)C1(CN)CCCCC1. The standard InChI is InChI=1S/C14H26N2O2/c1-16(9-11-7-12(17)8-11)13(18)14(10-15)5-3-2-4-6-14/h11-12,17H,2-10,15H2,1H3. The number of hydrogen-bond acceptors (Lipinski definition) is 3. The summed E-state index contributed by atoms with van der Waals surface area (Å²) in [5.74, 6) is 0.707. The first-order valence-electron chi connectivity index (χ1n) is 7.21. The summed E-state index contributed by atoms with van der Waals surface area (Å²) in [5.41, 5.74) is 5.59. The Morgan fingerprint density at radius 1 is 1.33 bits per heavy atom. The first kappa shape index (κ1) is 13.8. The van der Waals surface area contributed by atoms with Gasteiger partial charge in [-0.3, -0.25) is 4.79 Å². The smallest absolute Gasteiger partial charge is 0.229 e. The second-order valence-corrected chi connectivity index (χ2v) is 6.22. The summed E-state index contributed by atoms with van der Waals surface area (Å²) < 4.78 is 0. The first-order valence-corrected chi connectivity index (χ1v) is 7.21. The number of carbonyl (C=O) groups is 1. The van der Waals surface area contributed by atoms with Gasteiger partial charge in [-0.15, -0.1) is 0 Å². The van der Waals surface area contributed by atoms with Gasteiger partial charge in [0.25, 0.3) is 0 Å². The van der Waals surface area contributed by atoms with Gasteiger partial charge in [-0.2, -0.15) is 0 Å². The normalized spacial score (nSPS) is 30.6. The molecule has 0 aromatic heterocycles. The van der Waals surface area contributed by atoms with Crippen LogP contribution >= 0.6 is 0 Å². The molecular formula is C14H26N2O2. The number of hydrogen-bond donors (Lipinski definition) is 2. The van der Waals surface area contributed by atoms with E-state index in [2.05, 4.69) is 0 Å². The highest BCUT2D eigenvalue weighted by atomic mass is 16.3. The van der Waals surface area contributed by atoms with E-state index in [1.54, 1.807) is 0 Å². The van der Waals surface area contributed by atoms with Crippen LogP contribution in [0.3, 0.4) is 0 Å². The number of nitrogens with zero attached hydrogens (tertiary/aromatic N) is 1. The number of amides is 1. The van der Waals surface area contributed by atoms with Crippen LogP contribution in [0.15, 0.2) is 0 Å². The van der Waals surface area contributed by atoms with E-state index in [4.69, 9.17) is 5.73 Å². The minimum atomic E-state index is -0.296. The topological polar surface area (TPSA) is 66.6 Å². The van der Waals surface area contributed by atoms with E-state index in [0.29, 0.717) is 12.5 Å². The number of aliphatic hydroxyl groups is 1. The summed E-state index contributed by atoms with van der Waals surface area (Å²) in [7, 11) is 1.89. The Morgan fingerprint density at radius 2 is 1.94 bits per heavy atom. The molecule has 0 saturated heterocycles. The van der Waals surface area contributed by atoms with Crippen LogP contribution in [0, 0.1) is 11.3 Å². The lowest BCUT2D eigenvalue weighted by Gasteiger charge is -2.40. The lowest BCUT2D eigenvalue weighted by Crippen LogP contribution is -2.50. The highest BCUT2D eigenvalue weighted by molar-refractivity contribution is 5.83. The molecule has 4 nitrogen and oxygen atoms in total. The number of aliphatic hydroxyl groups excluding tert-OH is 1. The summed E-state index contributed by atoms with van der Waals surface area (Å²) in [5, 5.41) is 9.29. The number of carbonyl (C=O) groups excluding carboxylic acids is 1. The average molecular weight is 254 g/mol. The molecule has 104 valence electrons. The Bertz CT molecular complexity index is 294. The zero-order chi connectivity index (χ0) is 13.2. The molecule has 1 amide bonds. The van der Waals surface area contributed by atoms with E-state index in [1.165, 1.54) is 6.42 Å². The Labute approximate surface area is 110 Å². The van der Waals surface area contributed by atoms with Crippen molar-refractivity contribution in [3.8, 4) is 0 Å². The van der Waals surface area contributed by atoms with Crippen molar-refractivity contribution in [3.63, 3.8) is 0 Å². The summed E-state index contributed by atoms with van der Waals surface area (Å²) in [6.45, 7) is 1.25. The van der Waals surface area contributed by atoms with Gasteiger partial charge < -0.3 is 15.7 Å². The van der Waals surface area contributed by atoms with Gasteiger partial charge in [-0.25, -0.2) is 0 Å². The average Bonchev–Trinajstić information content (AvgIpc) is 2.36. The van der Waals surface area contributed by atoms with Crippen molar-refractivity contribution in [2.45, 2.75) is 51.0 Å². The van der Waals surface area contributed by atoms with Crippen molar-refractivity contribution in [2.24, 2.45) is 17.1 Å². The maximum atomic E-state index is 12.6. The maximum absolute atomic E-state index is 12.6. The minimum Gasteiger partial charge on any atom is -0.393 e. The molecule has 0 heterocycles. The van der Waals surface area contributed by atoms with E-state index in [9.17, 15) is 9.90 Å². The van der Waals surface area contributed by atoms with Crippen LogP contribution in [0.4, 0.5) is 0 Å². The van der Waals surface area contributed by atoms with Crippen molar-refractivity contribution in [3.05, 3.63) is 0 Å². The van der Waals surface area contributed by atoms with Gasteiger partial charge in [-0.1, -0.05) is 19.3 Å². The van der Waals surface area contributed by atoms with Crippen molar-refractivity contribution in [2.75, 3.05) is 20.1 Å². The third-order valence-electron chi connectivity index (χ3n) is 4.74. The highest BCUT2D eigenvalue weighted by Crippen LogP contribution is 2.37. The zero-order valence-corrected chi connectivity index (χ0v) is 11.4. The third kappa shape index (κ3) is 2.69. The van der Waals surface area contributed by atoms with Crippen molar-refractivity contribution >= 4 is 5.91 Å².